The van der Waals surface area contributed by atoms with Crippen LogP contribution >= 0.6 is 11.6 Å². The second-order valence-corrected chi connectivity index (χ2v) is 4.33. The van der Waals surface area contributed by atoms with Gasteiger partial charge in [0.2, 0.25) is 0 Å². The summed E-state index contributed by atoms with van der Waals surface area (Å²) >= 11 is 5.87. The van der Waals surface area contributed by atoms with Crippen molar-refractivity contribution in [3.8, 4) is 5.75 Å². The standard InChI is InChI=1S/C11H15ClN2O/c1-13-4-6-14(7-5-13)9-2-3-11(15)10(12)8-9/h2-3,8,15H,4-7H2,1H3. The molecule has 1 saturated heterocycles. The molecule has 0 aromatic heterocycles. The third-order valence-corrected chi connectivity index (χ3v) is 3.10. The number of aromatic hydroxyl groups is 1. The summed E-state index contributed by atoms with van der Waals surface area (Å²) in [4.78, 5) is 4.59. The van der Waals surface area contributed by atoms with Crippen LogP contribution in [0.5, 0.6) is 5.75 Å². The van der Waals surface area contributed by atoms with Gasteiger partial charge in [-0.1, -0.05) is 11.6 Å². The van der Waals surface area contributed by atoms with Crippen molar-refractivity contribution in [1.82, 2.24) is 4.90 Å². The molecule has 0 bridgehead atoms. The average Bonchev–Trinajstić information content (AvgIpc) is 2.23. The monoisotopic (exact) mass is 226 g/mol. The third kappa shape index (κ3) is 2.36. The molecule has 15 heavy (non-hydrogen) atoms. The maximum absolute atomic E-state index is 9.33. The molecule has 1 heterocycles. The molecule has 1 aromatic rings. The molecule has 2 rings (SSSR count). The predicted octanol–water partition coefficient (Wildman–Crippen LogP) is 1.80. The SMILES string of the molecule is CN1CCN(c2ccc(O)c(Cl)c2)CC1. The molecule has 0 aliphatic carbocycles. The van der Waals surface area contributed by atoms with Crippen LogP contribution in [0.15, 0.2) is 18.2 Å². The average molecular weight is 227 g/mol. The molecule has 1 aliphatic heterocycles. The number of hydrogen-bond donors (Lipinski definition) is 1. The Morgan fingerprint density at radius 3 is 2.47 bits per heavy atom. The van der Waals surface area contributed by atoms with Gasteiger partial charge >= 0.3 is 0 Å². The fourth-order valence-electron chi connectivity index (χ4n) is 1.76. The van der Waals surface area contributed by atoms with E-state index in [1.165, 1.54) is 0 Å². The largest absolute Gasteiger partial charge is 0.506 e. The molecule has 4 heteroatoms. The van der Waals surface area contributed by atoms with Crippen LogP contribution < -0.4 is 4.90 Å². The smallest absolute Gasteiger partial charge is 0.134 e. The lowest BCUT2D eigenvalue weighted by Gasteiger charge is -2.34. The van der Waals surface area contributed by atoms with E-state index in [9.17, 15) is 5.11 Å². The van der Waals surface area contributed by atoms with Crippen molar-refractivity contribution in [1.29, 1.82) is 0 Å². The topological polar surface area (TPSA) is 26.7 Å². The highest BCUT2D eigenvalue weighted by molar-refractivity contribution is 6.32. The van der Waals surface area contributed by atoms with Crippen molar-refractivity contribution < 1.29 is 5.11 Å². The number of hydrogen-bond acceptors (Lipinski definition) is 3. The molecule has 0 atom stereocenters. The Bertz CT molecular complexity index is 348. The van der Waals surface area contributed by atoms with Crippen LogP contribution in [0.1, 0.15) is 0 Å². The van der Waals surface area contributed by atoms with Crippen molar-refractivity contribution in [3.05, 3.63) is 23.2 Å². The Hall–Kier alpha value is -0.930. The Morgan fingerprint density at radius 1 is 1.20 bits per heavy atom. The second kappa shape index (κ2) is 4.29. The van der Waals surface area contributed by atoms with Crippen molar-refractivity contribution >= 4 is 17.3 Å². The van der Waals surface area contributed by atoms with E-state index in [-0.39, 0.29) is 5.75 Å². The van der Waals surface area contributed by atoms with E-state index in [0.29, 0.717) is 5.02 Å². The van der Waals surface area contributed by atoms with Crippen molar-refractivity contribution in [2.24, 2.45) is 0 Å². The summed E-state index contributed by atoms with van der Waals surface area (Å²) in [5.41, 5.74) is 1.09. The highest BCUT2D eigenvalue weighted by atomic mass is 35.5. The zero-order chi connectivity index (χ0) is 10.8. The van der Waals surface area contributed by atoms with Crippen molar-refractivity contribution in [2.45, 2.75) is 0 Å². The molecule has 0 radical (unpaired) electrons. The van der Waals surface area contributed by atoms with Crippen LogP contribution in [-0.2, 0) is 0 Å². The van der Waals surface area contributed by atoms with Crippen molar-refractivity contribution in [3.63, 3.8) is 0 Å². The Labute approximate surface area is 94.9 Å². The molecule has 1 aliphatic rings. The van der Waals surface area contributed by atoms with Crippen LogP contribution in [-0.4, -0.2) is 43.2 Å². The van der Waals surface area contributed by atoms with E-state index >= 15 is 0 Å². The van der Waals surface area contributed by atoms with Gasteiger partial charge in [0.25, 0.3) is 0 Å². The fourth-order valence-corrected chi connectivity index (χ4v) is 1.93. The molecule has 0 spiro atoms. The lowest BCUT2D eigenvalue weighted by atomic mass is 10.2. The van der Waals surface area contributed by atoms with E-state index < -0.39 is 0 Å². The summed E-state index contributed by atoms with van der Waals surface area (Å²) in [5, 5.41) is 9.75. The van der Waals surface area contributed by atoms with E-state index in [1.807, 2.05) is 12.1 Å². The summed E-state index contributed by atoms with van der Waals surface area (Å²) in [6.07, 6.45) is 0. The first-order valence-electron chi connectivity index (χ1n) is 5.09. The zero-order valence-electron chi connectivity index (χ0n) is 8.78. The van der Waals surface area contributed by atoms with Gasteiger partial charge in [0.15, 0.2) is 0 Å². The van der Waals surface area contributed by atoms with Crippen LogP contribution in [0.4, 0.5) is 5.69 Å². The molecule has 0 unspecified atom stereocenters. The van der Waals surface area contributed by atoms with Gasteiger partial charge in [0.05, 0.1) is 5.02 Å². The van der Waals surface area contributed by atoms with Gasteiger partial charge in [0.1, 0.15) is 5.75 Å². The predicted molar refractivity (Wildman–Crippen MR) is 62.8 cm³/mol. The normalized spacial score (nSPS) is 18.1. The number of phenols is 1. The minimum atomic E-state index is 0.148. The third-order valence-electron chi connectivity index (χ3n) is 2.80. The van der Waals surface area contributed by atoms with E-state index in [4.69, 9.17) is 11.6 Å². The minimum absolute atomic E-state index is 0.148. The summed E-state index contributed by atoms with van der Waals surface area (Å²) in [6.45, 7) is 4.16. The second-order valence-electron chi connectivity index (χ2n) is 3.93. The number of rotatable bonds is 1. The quantitative estimate of drug-likeness (QED) is 0.791. The zero-order valence-corrected chi connectivity index (χ0v) is 9.54. The maximum Gasteiger partial charge on any atom is 0.134 e. The first kappa shape index (κ1) is 10.6. The van der Waals surface area contributed by atoms with Gasteiger partial charge in [-0.2, -0.15) is 0 Å². The van der Waals surface area contributed by atoms with Gasteiger partial charge < -0.3 is 14.9 Å². The number of likely N-dealkylation sites (N-methyl/N-ethyl adjacent to an activating group) is 1. The van der Waals surface area contributed by atoms with E-state index in [2.05, 4.69) is 16.8 Å². The number of piperazine rings is 1. The summed E-state index contributed by atoms with van der Waals surface area (Å²) < 4.78 is 0. The number of phenolic OH excluding ortho intramolecular Hbond substituents is 1. The number of halogens is 1. The Kier molecular flexibility index (Phi) is 3.03. The summed E-state index contributed by atoms with van der Waals surface area (Å²) in [5.74, 6) is 0.148. The molecule has 82 valence electrons. The van der Waals surface area contributed by atoms with Gasteiger partial charge in [0, 0.05) is 31.9 Å². The highest BCUT2D eigenvalue weighted by Gasteiger charge is 2.14. The van der Waals surface area contributed by atoms with Crippen LogP contribution in [0.3, 0.4) is 0 Å². The number of nitrogens with zero attached hydrogens (tertiary/aromatic N) is 2. The fraction of sp³-hybridized carbons (Fsp3) is 0.455. The lowest BCUT2D eigenvalue weighted by molar-refractivity contribution is 0.313. The summed E-state index contributed by atoms with van der Waals surface area (Å²) in [7, 11) is 2.13. The molecule has 1 N–H and O–H groups in total. The molecule has 0 saturated carbocycles. The molecule has 0 amide bonds. The summed E-state index contributed by atoms with van der Waals surface area (Å²) in [6, 6.07) is 5.38. The van der Waals surface area contributed by atoms with Gasteiger partial charge in [-0.15, -0.1) is 0 Å². The molecule has 1 aromatic carbocycles. The molecule has 3 nitrogen and oxygen atoms in total. The molecule has 1 fully saturated rings. The van der Waals surface area contributed by atoms with Gasteiger partial charge in [-0.05, 0) is 25.2 Å². The van der Waals surface area contributed by atoms with Gasteiger partial charge in [-0.25, -0.2) is 0 Å². The first-order valence-corrected chi connectivity index (χ1v) is 5.46. The first-order chi connectivity index (χ1) is 7.16. The van der Waals surface area contributed by atoms with Crippen LogP contribution in [0.2, 0.25) is 5.02 Å². The number of benzene rings is 1. The molecular formula is C11H15ClN2O. The van der Waals surface area contributed by atoms with Crippen molar-refractivity contribution in [2.75, 3.05) is 38.1 Å². The lowest BCUT2D eigenvalue weighted by Crippen LogP contribution is -2.44. The van der Waals surface area contributed by atoms with E-state index in [1.54, 1.807) is 6.07 Å². The van der Waals surface area contributed by atoms with E-state index in [0.717, 1.165) is 31.9 Å². The minimum Gasteiger partial charge on any atom is -0.506 e. The highest BCUT2D eigenvalue weighted by Crippen LogP contribution is 2.28. The van der Waals surface area contributed by atoms with Crippen LogP contribution in [0.25, 0.3) is 0 Å². The molecular weight excluding hydrogens is 212 g/mol. The Morgan fingerprint density at radius 2 is 1.87 bits per heavy atom. The van der Waals surface area contributed by atoms with Crippen LogP contribution in [0, 0.1) is 0 Å². The Balaban J connectivity index is 2.12. The number of anilines is 1. The maximum atomic E-state index is 9.33. The van der Waals surface area contributed by atoms with Gasteiger partial charge in [-0.3, -0.25) is 0 Å².